The van der Waals surface area contributed by atoms with Gasteiger partial charge in [0.2, 0.25) is 0 Å². The van der Waals surface area contributed by atoms with E-state index in [1.54, 1.807) is 0 Å². The van der Waals surface area contributed by atoms with Crippen molar-refractivity contribution < 1.29 is 195 Å². The molecule has 68 heavy (non-hydrogen) atoms. The van der Waals surface area contributed by atoms with Gasteiger partial charge in [-0.1, -0.05) is 0 Å². The van der Waals surface area contributed by atoms with E-state index >= 15 is 0 Å². The molecule has 0 saturated heterocycles. The van der Waals surface area contributed by atoms with Gasteiger partial charge in [-0.15, -0.1) is 0 Å². The molecule has 0 spiro atoms. The molecule has 0 aliphatic rings. The highest BCUT2D eigenvalue weighted by Crippen LogP contribution is 2.50. The van der Waals surface area contributed by atoms with Gasteiger partial charge in [0.15, 0.2) is 0 Å². The highest BCUT2D eigenvalue weighted by Gasteiger charge is 2.76. The zero-order chi connectivity index (χ0) is 57.4. The normalized spacial score (nSPS) is 15.8. The maximum Gasteiger partial charge on any atom is 0.459 e. The van der Waals surface area contributed by atoms with Gasteiger partial charge in [-0.25, -0.2) is 0 Å². The van der Waals surface area contributed by atoms with Gasteiger partial charge in [-0.2, -0.15) is 157 Å². The molecule has 0 aromatic heterocycles. The van der Waals surface area contributed by atoms with Crippen LogP contribution in [0.2, 0.25) is 0 Å². The first kappa shape index (κ1) is 74.5. The van der Waals surface area contributed by atoms with Crippen molar-refractivity contribution >= 4 is 40.5 Å². The Labute approximate surface area is 356 Å². The first-order valence-corrected chi connectivity index (χ1v) is 20.7. The Balaban J connectivity index is -0.000000246. The van der Waals surface area contributed by atoms with Crippen LogP contribution in [0.15, 0.2) is 0 Å². The third-order valence-corrected chi connectivity index (χ3v) is 8.44. The largest absolute Gasteiger partial charge is 0.459 e. The summed E-state index contributed by atoms with van der Waals surface area (Å²) in [5.41, 5.74) is 0. The fraction of sp³-hybridized carbons (Fsp3) is 1.00. The van der Waals surface area contributed by atoms with Gasteiger partial charge in [0.25, 0.3) is 40.5 Å². The van der Waals surface area contributed by atoms with Crippen molar-refractivity contribution in [2.75, 3.05) is 36.2 Å². The number of rotatable bonds is 15. The fourth-order valence-electron chi connectivity index (χ4n) is 2.35. The zero-order valence-corrected chi connectivity index (χ0v) is 33.7. The molecule has 48 heteroatoms. The Morgan fingerprint density at radius 3 is 0.441 bits per heavy atom. The summed E-state index contributed by atoms with van der Waals surface area (Å²) >= 11 is 0. The molecule has 0 fully saturated rings. The molecule has 0 rings (SSSR count). The quantitative estimate of drug-likeness (QED) is 0.0826. The van der Waals surface area contributed by atoms with Gasteiger partial charge >= 0.3 is 72.1 Å². The van der Waals surface area contributed by atoms with Crippen molar-refractivity contribution in [2.45, 2.75) is 84.3 Å². The van der Waals surface area contributed by atoms with Crippen molar-refractivity contribution in [2.24, 2.45) is 0 Å². The Hall–Kier alpha value is -2.48. The van der Waals surface area contributed by atoms with E-state index in [0.717, 1.165) is 0 Å². The van der Waals surface area contributed by atoms with Gasteiger partial charge in [0.05, 0.1) is 13.2 Å². The summed E-state index contributed by atoms with van der Waals surface area (Å²) in [7, 11) is -22.6. The van der Waals surface area contributed by atoms with E-state index in [4.69, 9.17) is 38.6 Å². The van der Waals surface area contributed by atoms with Crippen LogP contribution in [-0.4, -0.2) is 193 Å². The van der Waals surface area contributed by atoms with Crippen LogP contribution in [0, 0.1) is 0 Å². The second kappa shape index (κ2) is 23.4. The molecule has 16 nitrogen and oxygen atoms in total. The van der Waals surface area contributed by atoms with E-state index < -0.39 is 161 Å². The van der Waals surface area contributed by atoms with Crippen molar-refractivity contribution in [1.29, 1.82) is 0 Å². The molecular formula is C20H22F28O16S4. The summed E-state index contributed by atoms with van der Waals surface area (Å²) in [5, 5.41) is 33.2. The van der Waals surface area contributed by atoms with Crippen molar-refractivity contribution in [3.05, 3.63) is 0 Å². The van der Waals surface area contributed by atoms with Crippen LogP contribution in [-0.2, 0) is 40.5 Å². The first-order valence-electron chi connectivity index (χ1n) is 14.2. The SMILES string of the molecule is O=S(=O)(O)CC(F)(F)C(F)(F)C(F)(F)F.O=S(=O)(O)CC(F)(F)C(F)(F)C(F)(F)F.O=S(=O)(O)CC(F)(F)C(F)(F)C(F)(F)F.O=S(=O)(O)CC(F)(F)C(F)(F)C(F)(F)F.OCC(O)C(O)CO. The zero-order valence-electron chi connectivity index (χ0n) is 30.5. The molecule has 0 aromatic carbocycles. The second-order valence-corrected chi connectivity index (χ2v) is 17.3. The number of hydrogen-bond acceptors (Lipinski definition) is 12. The number of aliphatic hydroxyl groups excluding tert-OH is 4. The molecule has 0 amide bonds. The Morgan fingerprint density at radius 2 is 0.382 bits per heavy atom. The van der Waals surface area contributed by atoms with Crippen molar-refractivity contribution in [3.8, 4) is 0 Å². The van der Waals surface area contributed by atoms with Crippen LogP contribution in [0.25, 0.3) is 0 Å². The smallest absolute Gasteiger partial charge is 0.394 e. The van der Waals surface area contributed by atoms with Crippen LogP contribution in [0.4, 0.5) is 123 Å². The Morgan fingerprint density at radius 1 is 0.279 bits per heavy atom. The molecule has 2 unspecified atom stereocenters. The molecular weight excluding hydrogens is 1160 g/mol. The molecule has 2 atom stereocenters. The van der Waals surface area contributed by atoms with E-state index in [-0.39, 0.29) is 0 Å². The summed E-state index contributed by atoms with van der Waals surface area (Å²) < 4.78 is 440. The van der Waals surface area contributed by atoms with Gasteiger partial charge in [0.1, 0.15) is 35.2 Å². The predicted octanol–water partition coefficient (Wildman–Crippen LogP) is 4.52. The molecule has 0 bridgehead atoms. The molecule has 0 aromatic rings. The van der Waals surface area contributed by atoms with Crippen LogP contribution >= 0.6 is 0 Å². The third-order valence-electron chi connectivity index (χ3n) is 5.53. The molecule has 418 valence electrons. The maximum absolute atomic E-state index is 12.2. The maximum atomic E-state index is 12.2. The topological polar surface area (TPSA) is 298 Å². The highest BCUT2D eigenvalue weighted by atomic mass is 32.2. The van der Waals surface area contributed by atoms with E-state index in [2.05, 4.69) is 0 Å². The van der Waals surface area contributed by atoms with E-state index in [1.165, 1.54) is 0 Å². The molecule has 8 N–H and O–H groups in total. The van der Waals surface area contributed by atoms with Gasteiger partial charge in [-0.05, 0) is 0 Å². The lowest BCUT2D eigenvalue weighted by Gasteiger charge is -2.26. The van der Waals surface area contributed by atoms with Gasteiger partial charge in [-0.3, -0.25) is 18.2 Å². The van der Waals surface area contributed by atoms with E-state index in [0.29, 0.717) is 0 Å². The van der Waals surface area contributed by atoms with E-state index in [1.807, 2.05) is 0 Å². The summed E-state index contributed by atoms with van der Waals surface area (Å²) in [6.07, 6.45) is -28.9. The molecule has 0 heterocycles. The highest BCUT2D eigenvalue weighted by molar-refractivity contribution is 7.86. The minimum atomic E-state index is -6.61. The fourth-order valence-corrected chi connectivity index (χ4v) is 4.91. The van der Waals surface area contributed by atoms with Gasteiger partial charge in [0, 0.05) is 0 Å². The molecule has 0 aliphatic heterocycles. The second-order valence-electron chi connectivity index (χ2n) is 11.5. The van der Waals surface area contributed by atoms with Crippen LogP contribution in [0.1, 0.15) is 0 Å². The summed E-state index contributed by atoms with van der Waals surface area (Å²) in [5.74, 6) is -61.9. The van der Waals surface area contributed by atoms with Crippen molar-refractivity contribution in [3.63, 3.8) is 0 Å². The lowest BCUT2D eigenvalue weighted by atomic mass is 10.2. The summed E-state index contributed by atoms with van der Waals surface area (Å²) in [6.45, 7) is -1.05. The summed E-state index contributed by atoms with van der Waals surface area (Å²) in [4.78, 5) is 0. The molecule has 0 aliphatic carbocycles. The van der Waals surface area contributed by atoms with E-state index in [9.17, 15) is 157 Å². The number of aliphatic hydroxyl groups is 4. The number of halogens is 28. The Kier molecular flexibility index (Phi) is 25.6. The van der Waals surface area contributed by atoms with Crippen LogP contribution in [0.3, 0.4) is 0 Å². The minimum absolute atomic E-state index is 0.526. The molecule has 0 saturated carbocycles. The lowest BCUT2D eigenvalue weighted by Crippen LogP contribution is -2.55. The van der Waals surface area contributed by atoms with Gasteiger partial charge < -0.3 is 20.4 Å². The predicted molar refractivity (Wildman–Crippen MR) is 156 cm³/mol. The van der Waals surface area contributed by atoms with Crippen molar-refractivity contribution in [1.82, 2.24) is 0 Å². The van der Waals surface area contributed by atoms with Crippen LogP contribution < -0.4 is 0 Å². The summed E-state index contributed by atoms with van der Waals surface area (Å²) in [6, 6.07) is 0. The number of hydrogen-bond donors (Lipinski definition) is 8. The monoisotopic (exact) mass is 1180 g/mol. The average Bonchev–Trinajstić information content (AvgIpc) is 2.98. The van der Waals surface area contributed by atoms with Crippen LogP contribution in [0.5, 0.6) is 0 Å². The number of alkyl halides is 28. The lowest BCUT2D eigenvalue weighted by molar-refractivity contribution is -0.348. The standard InChI is InChI=1S/4C4H3F7O3S.C4H10O4/c4*5-2(6,1-15(12,13)14)3(7,8)4(9,10)11;5-1-3(7)4(8)2-6/h4*1H2,(H,12,13,14);3-8H,1-2H2. The third kappa shape index (κ3) is 24.1. The minimum Gasteiger partial charge on any atom is -0.394 e. The Bertz CT molecular complexity index is 1730. The molecule has 0 radical (unpaired) electrons. The first-order chi connectivity index (χ1) is 28.5. The average molecular weight is 1180 g/mol.